The van der Waals surface area contributed by atoms with Crippen LogP contribution in [0.15, 0.2) is 34.1 Å². The summed E-state index contributed by atoms with van der Waals surface area (Å²) in [7, 11) is -13.2. The van der Waals surface area contributed by atoms with Gasteiger partial charge < -0.3 is 5.23 Å². The number of carbonyl (C=O) groups excluding carboxylic acids is 1. The number of benzene rings is 2. The lowest BCUT2D eigenvalue weighted by atomic mass is 9.66. The van der Waals surface area contributed by atoms with Crippen molar-refractivity contribution in [1.82, 2.24) is 5.23 Å². The first kappa shape index (κ1) is 31.2. The lowest BCUT2D eigenvalue weighted by Gasteiger charge is -2.32. The molecular formula is C23H32BN2O10S3+. The summed E-state index contributed by atoms with van der Waals surface area (Å²) in [6, 6.07) is 4.33. The summed E-state index contributed by atoms with van der Waals surface area (Å²) in [5, 5.41) is 1.02. The van der Waals surface area contributed by atoms with Crippen molar-refractivity contribution in [2.24, 2.45) is 5.92 Å². The Labute approximate surface area is 229 Å². The lowest BCUT2D eigenvalue weighted by Crippen LogP contribution is -2.47. The molecule has 2 aromatic carbocycles. The van der Waals surface area contributed by atoms with Gasteiger partial charge in [-0.25, -0.2) is 0 Å². The summed E-state index contributed by atoms with van der Waals surface area (Å²) >= 11 is 0. The third-order valence-corrected chi connectivity index (χ3v) is 10.6. The van der Waals surface area contributed by atoms with Crippen molar-refractivity contribution in [1.29, 1.82) is 0 Å². The molecule has 12 nitrogen and oxygen atoms in total. The molecule has 0 saturated heterocycles. The molecule has 0 aromatic heterocycles. The van der Waals surface area contributed by atoms with Gasteiger partial charge in [0.2, 0.25) is 19.6 Å². The lowest BCUT2D eigenvalue weighted by molar-refractivity contribution is -0.458. The van der Waals surface area contributed by atoms with Crippen LogP contribution < -0.4 is 5.23 Å². The van der Waals surface area contributed by atoms with E-state index in [1.165, 1.54) is 24.7 Å². The number of hydrogen-bond acceptors (Lipinski definition) is 7. The summed E-state index contributed by atoms with van der Waals surface area (Å²) in [4.78, 5) is 11.7. The largest absolute Gasteiger partial charge is 0.406 e. The molecule has 0 bridgehead atoms. The van der Waals surface area contributed by atoms with Gasteiger partial charge in [-0.05, 0) is 36.9 Å². The molecule has 16 heteroatoms. The van der Waals surface area contributed by atoms with E-state index >= 15 is 0 Å². The standard InChI is InChI=1S/C23H31BN2O10S3/c1-5-7-8-17(22(27)25-24)23(4)13(3)26(20(6-2)39(34,35)36)18-10-9-15-16(21(18)23)11-14(37(28,29)30)12-19(15)38(31,32)33/h9-12,17,20H,5-8,24H2,1-4H3,(H3-,25,27,28,29,30,31,32,33,34,35,36)/p+1. The number of hydrogen-bond donors (Lipinski definition) is 4. The van der Waals surface area contributed by atoms with Crippen LogP contribution in [0.4, 0.5) is 5.69 Å². The van der Waals surface area contributed by atoms with E-state index in [9.17, 15) is 43.7 Å². The Morgan fingerprint density at radius 1 is 1.03 bits per heavy atom. The van der Waals surface area contributed by atoms with Crippen molar-refractivity contribution in [2.75, 3.05) is 0 Å². The Morgan fingerprint density at radius 3 is 2.10 bits per heavy atom. The fraction of sp³-hybridized carbons (Fsp3) is 0.478. The molecular weight excluding hydrogens is 571 g/mol. The third-order valence-electron chi connectivity index (χ3n) is 7.60. The maximum Gasteiger partial charge on any atom is 0.329 e. The number of nitrogens with zero attached hydrogens (tertiary/aromatic N) is 1. The van der Waals surface area contributed by atoms with Crippen molar-refractivity contribution in [3.05, 3.63) is 29.8 Å². The summed E-state index contributed by atoms with van der Waals surface area (Å²) in [6.07, 6.45) is 1.59. The number of rotatable bonds is 10. The van der Waals surface area contributed by atoms with Crippen LogP contribution in [0.1, 0.15) is 58.9 Å². The zero-order valence-electron chi connectivity index (χ0n) is 22.2. The topological polar surface area (TPSA) is 195 Å². The summed E-state index contributed by atoms with van der Waals surface area (Å²) in [5.41, 5.74) is -0.563. The van der Waals surface area contributed by atoms with E-state index in [0.717, 1.165) is 12.5 Å². The molecule has 0 spiro atoms. The van der Waals surface area contributed by atoms with Crippen LogP contribution in [0, 0.1) is 5.92 Å². The minimum absolute atomic E-state index is 0.0322. The van der Waals surface area contributed by atoms with Crippen LogP contribution in [0.3, 0.4) is 0 Å². The third kappa shape index (κ3) is 5.37. The van der Waals surface area contributed by atoms with Crippen molar-refractivity contribution < 1.29 is 48.3 Å². The van der Waals surface area contributed by atoms with E-state index in [2.05, 4.69) is 5.23 Å². The highest BCUT2D eigenvalue weighted by atomic mass is 32.2. The van der Waals surface area contributed by atoms with Crippen LogP contribution in [-0.4, -0.2) is 68.5 Å². The van der Waals surface area contributed by atoms with E-state index in [-0.39, 0.29) is 28.4 Å². The second-order valence-electron chi connectivity index (χ2n) is 9.77. The molecule has 1 heterocycles. The molecule has 1 amide bonds. The van der Waals surface area contributed by atoms with Crippen LogP contribution in [-0.2, 0) is 40.6 Å². The Morgan fingerprint density at radius 2 is 1.64 bits per heavy atom. The van der Waals surface area contributed by atoms with Gasteiger partial charge in [-0.15, -0.1) is 0 Å². The van der Waals surface area contributed by atoms with E-state index < -0.39 is 62.8 Å². The van der Waals surface area contributed by atoms with Crippen LogP contribution in [0.5, 0.6) is 0 Å². The second kappa shape index (κ2) is 10.6. The molecule has 2 aromatic rings. The number of unbranched alkanes of at least 4 members (excludes halogenated alkanes) is 1. The first-order valence-corrected chi connectivity index (χ1v) is 16.6. The SMILES string of the molecule is BNC(=O)C(CCCC)C1(C)C(C)=[N+](C(CC)S(=O)(=O)O)c2ccc3c(S(=O)(=O)O)cc(S(=O)(=O)O)cc3c21. The first-order chi connectivity index (χ1) is 17.8. The molecule has 1 aliphatic rings. The minimum Gasteiger partial charge on any atom is -0.406 e. The van der Waals surface area contributed by atoms with E-state index in [4.69, 9.17) is 0 Å². The number of nitrogens with one attached hydrogen (secondary N) is 1. The van der Waals surface area contributed by atoms with E-state index in [1.54, 1.807) is 20.8 Å². The van der Waals surface area contributed by atoms with Gasteiger partial charge in [0.05, 0.1) is 16.2 Å². The highest BCUT2D eigenvalue weighted by molar-refractivity contribution is 7.87. The van der Waals surface area contributed by atoms with Gasteiger partial charge >= 0.3 is 10.1 Å². The van der Waals surface area contributed by atoms with Crippen LogP contribution in [0.25, 0.3) is 10.8 Å². The fourth-order valence-electron chi connectivity index (χ4n) is 5.67. The smallest absolute Gasteiger partial charge is 0.329 e. The normalized spacial score (nSPS) is 19.7. The van der Waals surface area contributed by atoms with E-state index in [0.29, 0.717) is 24.6 Å². The fourth-order valence-corrected chi connectivity index (χ4v) is 7.97. The molecule has 3 atom stereocenters. The van der Waals surface area contributed by atoms with Crippen LogP contribution in [0.2, 0.25) is 0 Å². The molecule has 4 N–H and O–H groups in total. The summed E-state index contributed by atoms with van der Waals surface area (Å²) < 4.78 is 105. The van der Waals surface area contributed by atoms with Crippen molar-refractivity contribution >= 4 is 66.4 Å². The van der Waals surface area contributed by atoms with Gasteiger partial charge in [0.25, 0.3) is 25.6 Å². The molecule has 0 radical (unpaired) electrons. The Kier molecular flexibility index (Phi) is 8.44. The van der Waals surface area contributed by atoms with Crippen molar-refractivity contribution in [3.63, 3.8) is 0 Å². The van der Waals surface area contributed by atoms with Gasteiger partial charge in [-0.2, -0.15) is 29.8 Å². The monoisotopic (exact) mass is 603 g/mol. The average Bonchev–Trinajstić information content (AvgIpc) is 3.04. The van der Waals surface area contributed by atoms with Gasteiger partial charge in [0, 0.05) is 30.4 Å². The molecule has 0 saturated carbocycles. The molecule has 0 fully saturated rings. The molecule has 214 valence electrons. The van der Waals surface area contributed by atoms with Crippen molar-refractivity contribution in [3.8, 4) is 0 Å². The van der Waals surface area contributed by atoms with Crippen LogP contribution >= 0.6 is 0 Å². The maximum absolute atomic E-state index is 13.3. The summed E-state index contributed by atoms with van der Waals surface area (Å²) in [5.74, 6) is -1.23. The molecule has 1 aliphatic heterocycles. The zero-order chi connectivity index (χ0) is 29.7. The minimum atomic E-state index is -5.00. The molecule has 39 heavy (non-hydrogen) atoms. The van der Waals surface area contributed by atoms with Crippen molar-refractivity contribution in [2.45, 2.75) is 74.0 Å². The van der Waals surface area contributed by atoms with Gasteiger partial charge in [-0.3, -0.25) is 18.5 Å². The number of amides is 1. The zero-order valence-corrected chi connectivity index (χ0v) is 24.6. The quantitative estimate of drug-likeness (QED) is 0.177. The Hall–Kier alpha value is -2.37. The number of carbonyl (C=O) groups is 1. The predicted molar refractivity (Wildman–Crippen MR) is 147 cm³/mol. The Bertz CT molecular complexity index is 1700. The Balaban J connectivity index is 2.66. The first-order valence-electron chi connectivity index (χ1n) is 12.2. The maximum atomic E-state index is 13.3. The van der Waals surface area contributed by atoms with Gasteiger partial charge in [0.15, 0.2) is 5.71 Å². The van der Waals surface area contributed by atoms with Gasteiger partial charge in [-0.1, -0.05) is 26.7 Å². The highest BCUT2D eigenvalue weighted by Gasteiger charge is 2.57. The number of fused-ring (bicyclic) bond motifs is 3. The molecule has 3 rings (SSSR count). The molecule has 3 unspecified atom stereocenters. The second-order valence-corrected chi connectivity index (χ2v) is 14.2. The predicted octanol–water partition coefficient (Wildman–Crippen LogP) is 1.80. The summed E-state index contributed by atoms with van der Waals surface area (Å²) in [6.45, 7) is 6.73. The highest BCUT2D eigenvalue weighted by Crippen LogP contribution is 2.51. The van der Waals surface area contributed by atoms with E-state index in [1.807, 2.05) is 6.92 Å². The average molecular weight is 604 g/mol. The van der Waals surface area contributed by atoms with Gasteiger partial charge in [0.1, 0.15) is 4.90 Å². The molecule has 0 aliphatic carbocycles.